The van der Waals surface area contributed by atoms with Gasteiger partial charge in [-0.05, 0) is 40.0 Å². The molecule has 2 saturated carbocycles. The van der Waals surface area contributed by atoms with E-state index in [0.29, 0.717) is 18.4 Å². The molecule has 2 aliphatic carbocycles. The lowest BCUT2D eigenvalue weighted by atomic mass is 9.50. The zero-order valence-corrected chi connectivity index (χ0v) is 17.3. The van der Waals surface area contributed by atoms with Gasteiger partial charge in [0.2, 0.25) is 0 Å². The lowest BCUT2D eigenvalue weighted by Crippen LogP contribution is -2.66. The molecule has 0 heterocycles. The Hall–Kier alpha value is -1.70. The van der Waals surface area contributed by atoms with Crippen LogP contribution in [0.3, 0.4) is 0 Å². The Morgan fingerprint density at radius 3 is 2.36 bits per heavy atom. The molecule has 158 valence electrons. The van der Waals surface area contributed by atoms with E-state index in [1.165, 1.54) is 7.11 Å². The minimum Gasteiger partial charge on any atom is -0.466 e. The number of esters is 2. The highest BCUT2D eigenvalue weighted by molar-refractivity contribution is 5.89. The molecule has 0 bridgehead atoms. The van der Waals surface area contributed by atoms with Gasteiger partial charge in [0, 0.05) is 22.5 Å². The molecule has 7 nitrogen and oxygen atoms in total. The van der Waals surface area contributed by atoms with Crippen LogP contribution in [0.15, 0.2) is 23.8 Å². The molecule has 0 aromatic heterocycles. The smallest absolute Gasteiger partial charge is 0.333 e. The maximum Gasteiger partial charge on any atom is 0.333 e. The van der Waals surface area contributed by atoms with Gasteiger partial charge in [0.1, 0.15) is 6.10 Å². The minimum absolute atomic E-state index is 0.0242. The first kappa shape index (κ1) is 22.6. The number of carbonyl (C=O) groups excluding carboxylic acids is 2. The fourth-order valence-corrected chi connectivity index (χ4v) is 5.00. The van der Waals surface area contributed by atoms with Gasteiger partial charge in [-0.1, -0.05) is 19.6 Å². The topological polar surface area (TPSA) is 113 Å². The van der Waals surface area contributed by atoms with Crippen molar-refractivity contribution in [1.29, 1.82) is 0 Å². The minimum atomic E-state index is -1.27. The SMILES string of the molecule is C=C(C(=O)OC)[C@H]1[C@H](OC(=O)/C(C)=C\C)[C@@H]2[C@@](C)(C[C@@H]1O)[C@H](O)CC[C@@]2(C)O. The highest BCUT2D eigenvalue weighted by Crippen LogP contribution is 2.57. The predicted octanol–water partition coefficient (Wildman–Crippen LogP) is 1.50. The van der Waals surface area contributed by atoms with Gasteiger partial charge < -0.3 is 24.8 Å². The highest BCUT2D eigenvalue weighted by Gasteiger charge is 2.63. The second kappa shape index (κ2) is 7.97. The molecule has 0 unspecified atom stereocenters. The van der Waals surface area contributed by atoms with Crippen molar-refractivity contribution in [3.8, 4) is 0 Å². The molecule has 0 aromatic carbocycles. The summed E-state index contributed by atoms with van der Waals surface area (Å²) in [6.45, 7) is 10.5. The third-order valence-electron chi connectivity index (χ3n) is 6.66. The summed E-state index contributed by atoms with van der Waals surface area (Å²) in [5.41, 5.74) is -1.83. The van der Waals surface area contributed by atoms with E-state index in [1.807, 2.05) is 0 Å². The summed E-state index contributed by atoms with van der Waals surface area (Å²) in [6, 6.07) is 0. The summed E-state index contributed by atoms with van der Waals surface area (Å²) in [5.74, 6) is -2.97. The van der Waals surface area contributed by atoms with Crippen molar-refractivity contribution < 1.29 is 34.4 Å². The molecule has 7 heteroatoms. The summed E-state index contributed by atoms with van der Waals surface area (Å²) in [5, 5.41) is 32.8. The number of allylic oxidation sites excluding steroid dienone is 1. The van der Waals surface area contributed by atoms with Crippen LogP contribution in [0, 0.1) is 17.3 Å². The van der Waals surface area contributed by atoms with Gasteiger partial charge >= 0.3 is 11.9 Å². The first-order chi connectivity index (χ1) is 12.9. The van der Waals surface area contributed by atoms with Crippen molar-refractivity contribution in [1.82, 2.24) is 0 Å². The zero-order valence-electron chi connectivity index (χ0n) is 17.3. The van der Waals surface area contributed by atoms with Crippen molar-refractivity contribution in [3.05, 3.63) is 23.8 Å². The molecule has 0 aliphatic heterocycles. The van der Waals surface area contributed by atoms with Crippen LogP contribution in [0.4, 0.5) is 0 Å². The molecule has 0 saturated heterocycles. The van der Waals surface area contributed by atoms with Crippen molar-refractivity contribution >= 4 is 11.9 Å². The fourth-order valence-electron chi connectivity index (χ4n) is 5.00. The van der Waals surface area contributed by atoms with Crippen LogP contribution >= 0.6 is 0 Å². The summed E-state index contributed by atoms with van der Waals surface area (Å²) in [7, 11) is 1.21. The van der Waals surface area contributed by atoms with Gasteiger partial charge in [-0.15, -0.1) is 0 Å². The number of aliphatic hydroxyl groups is 3. The Kier molecular flexibility index (Phi) is 6.43. The molecule has 2 aliphatic rings. The molecule has 3 N–H and O–H groups in total. The van der Waals surface area contributed by atoms with Crippen LogP contribution < -0.4 is 0 Å². The maximum atomic E-state index is 12.6. The van der Waals surface area contributed by atoms with E-state index < -0.39 is 53.1 Å². The number of carbonyl (C=O) groups is 2. The monoisotopic (exact) mass is 396 g/mol. The number of hydrogen-bond acceptors (Lipinski definition) is 7. The number of aliphatic hydroxyl groups excluding tert-OH is 2. The Balaban J connectivity index is 2.58. The predicted molar refractivity (Wildman–Crippen MR) is 102 cm³/mol. The van der Waals surface area contributed by atoms with Crippen LogP contribution in [0.25, 0.3) is 0 Å². The van der Waals surface area contributed by atoms with E-state index in [-0.39, 0.29) is 12.0 Å². The number of methoxy groups -OCH3 is 1. The maximum absolute atomic E-state index is 12.6. The molecule has 2 rings (SSSR count). The largest absolute Gasteiger partial charge is 0.466 e. The Morgan fingerprint density at radius 1 is 1.21 bits per heavy atom. The average molecular weight is 396 g/mol. The Morgan fingerprint density at radius 2 is 1.82 bits per heavy atom. The molecule has 28 heavy (non-hydrogen) atoms. The molecule has 0 amide bonds. The molecule has 0 aromatic rings. The number of ether oxygens (including phenoxy) is 2. The average Bonchev–Trinajstić information content (AvgIpc) is 2.62. The van der Waals surface area contributed by atoms with Crippen molar-refractivity contribution in [3.63, 3.8) is 0 Å². The van der Waals surface area contributed by atoms with Gasteiger partial charge in [0.15, 0.2) is 0 Å². The molecule has 7 atom stereocenters. The van der Waals surface area contributed by atoms with E-state index in [0.717, 1.165) is 0 Å². The van der Waals surface area contributed by atoms with E-state index in [9.17, 15) is 24.9 Å². The first-order valence-corrected chi connectivity index (χ1v) is 9.60. The summed E-state index contributed by atoms with van der Waals surface area (Å²) >= 11 is 0. The van der Waals surface area contributed by atoms with Gasteiger partial charge in [0.05, 0.1) is 30.8 Å². The van der Waals surface area contributed by atoms with Crippen molar-refractivity contribution in [2.24, 2.45) is 17.3 Å². The summed E-state index contributed by atoms with van der Waals surface area (Å²) in [6.07, 6.45) is -0.537. The highest BCUT2D eigenvalue weighted by atomic mass is 16.5. The van der Waals surface area contributed by atoms with Gasteiger partial charge in [-0.2, -0.15) is 0 Å². The number of hydrogen-bond donors (Lipinski definition) is 3. The molecular formula is C21H32O7. The number of rotatable bonds is 4. The van der Waals surface area contributed by atoms with Crippen LogP contribution in [-0.4, -0.2) is 58.3 Å². The van der Waals surface area contributed by atoms with E-state index in [4.69, 9.17) is 9.47 Å². The normalized spacial score (nSPS) is 41.0. The molecule has 0 radical (unpaired) electrons. The third-order valence-corrected chi connectivity index (χ3v) is 6.66. The van der Waals surface area contributed by atoms with Gasteiger partial charge in [0.25, 0.3) is 0 Å². The van der Waals surface area contributed by atoms with E-state index >= 15 is 0 Å². The third kappa shape index (κ3) is 3.75. The van der Waals surface area contributed by atoms with Crippen LogP contribution in [0.5, 0.6) is 0 Å². The van der Waals surface area contributed by atoms with E-state index in [1.54, 1.807) is 33.8 Å². The first-order valence-electron chi connectivity index (χ1n) is 9.60. The Bertz CT molecular complexity index is 680. The fraction of sp³-hybridized carbons (Fsp3) is 0.714. The lowest BCUT2D eigenvalue weighted by molar-refractivity contribution is -0.239. The molecule has 0 spiro atoms. The second-order valence-corrected chi connectivity index (χ2v) is 8.55. The van der Waals surface area contributed by atoms with Gasteiger partial charge in [-0.25, -0.2) is 9.59 Å². The molecular weight excluding hydrogens is 364 g/mol. The summed E-state index contributed by atoms with van der Waals surface area (Å²) < 4.78 is 10.5. The Labute approximate surface area is 166 Å². The second-order valence-electron chi connectivity index (χ2n) is 8.55. The van der Waals surface area contributed by atoms with E-state index in [2.05, 4.69) is 6.58 Å². The zero-order chi connectivity index (χ0) is 21.4. The van der Waals surface area contributed by atoms with Crippen LogP contribution in [0.1, 0.15) is 47.0 Å². The van der Waals surface area contributed by atoms with Crippen molar-refractivity contribution in [2.45, 2.75) is 70.9 Å². The standard InChI is InChI=1S/C21H32O7/c1-7-11(2)18(24)28-16-15(12(3)19(25)27-6)13(22)10-20(4)14(23)8-9-21(5,26)17(16)20/h7,13-17,22-23,26H,3,8-10H2,1-2,4-6H3/b11-7-/t13-,14+,15+,16-,17+,20-,21+/m0/s1. The quantitative estimate of drug-likeness (QED) is 0.487. The van der Waals surface area contributed by atoms with Gasteiger partial charge in [-0.3, -0.25) is 0 Å². The number of fused-ring (bicyclic) bond motifs is 1. The summed E-state index contributed by atoms with van der Waals surface area (Å²) in [4.78, 5) is 24.7. The van der Waals surface area contributed by atoms with Crippen molar-refractivity contribution in [2.75, 3.05) is 7.11 Å². The lowest BCUT2D eigenvalue weighted by Gasteiger charge is -2.59. The van der Waals surface area contributed by atoms with Crippen LogP contribution in [0.2, 0.25) is 0 Å². The molecule has 2 fully saturated rings. The van der Waals surface area contributed by atoms with Crippen LogP contribution in [-0.2, 0) is 19.1 Å².